The summed E-state index contributed by atoms with van der Waals surface area (Å²) in [4.78, 5) is 0. The van der Waals surface area contributed by atoms with Crippen LogP contribution in [0.5, 0.6) is 0 Å². The van der Waals surface area contributed by atoms with Crippen LogP contribution in [-0.2, 0) is 12.8 Å². The first-order chi connectivity index (χ1) is 16.8. The monoisotopic (exact) mass is 458 g/mol. The van der Waals surface area contributed by atoms with Crippen LogP contribution in [0.15, 0.2) is 48.5 Å². The fourth-order valence-electron chi connectivity index (χ4n) is 5.45. The zero-order valence-electron chi connectivity index (χ0n) is 22.3. The smallest absolute Gasteiger partial charge is 0.0175 e. The largest absolute Gasteiger partial charge is 0.0654 e. The van der Waals surface area contributed by atoms with Crippen molar-refractivity contribution in [2.24, 2.45) is 0 Å². The average molecular weight is 459 g/mol. The van der Waals surface area contributed by atoms with Gasteiger partial charge in [0.1, 0.15) is 0 Å². The number of aryl methyl sites for hydroxylation is 2. The second-order valence-electron chi connectivity index (χ2n) is 10.6. The van der Waals surface area contributed by atoms with Crippen LogP contribution in [0.2, 0.25) is 0 Å². The van der Waals surface area contributed by atoms with Crippen molar-refractivity contribution in [2.75, 3.05) is 0 Å². The third-order valence-electron chi connectivity index (χ3n) is 7.62. The van der Waals surface area contributed by atoms with E-state index < -0.39 is 0 Å². The zero-order valence-corrected chi connectivity index (χ0v) is 22.3. The van der Waals surface area contributed by atoms with Gasteiger partial charge in [-0.05, 0) is 70.5 Å². The lowest BCUT2D eigenvalue weighted by atomic mass is 9.92. The summed E-state index contributed by atoms with van der Waals surface area (Å²) < 4.78 is 0. The maximum Gasteiger partial charge on any atom is -0.0175 e. The van der Waals surface area contributed by atoms with Crippen molar-refractivity contribution >= 4 is 21.5 Å². The minimum Gasteiger partial charge on any atom is -0.0654 e. The van der Waals surface area contributed by atoms with Gasteiger partial charge in [0.05, 0.1) is 0 Å². The molecular formula is C34H50. The van der Waals surface area contributed by atoms with Crippen molar-refractivity contribution in [2.45, 2.75) is 129 Å². The quantitative estimate of drug-likeness (QED) is 0.131. The Labute approximate surface area is 210 Å². The molecule has 186 valence electrons. The Morgan fingerprint density at radius 2 is 0.735 bits per heavy atom. The van der Waals surface area contributed by atoms with Gasteiger partial charge in [-0.1, -0.05) is 140 Å². The number of hydrogen-bond acceptors (Lipinski definition) is 0. The second-order valence-corrected chi connectivity index (χ2v) is 10.6. The Bertz CT molecular complexity index is 873. The highest BCUT2D eigenvalue weighted by molar-refractivity contribution is 5.98. The van der Waals surface area contributed by atoms with Crippen LogP contribution in [-0.4, -0.2) is 0 Å². The van der Waals surface area contributed by atoms with Gasteiger partial charge in [-0.2, -0.15) is 0 Å². The van der Waals surface area contributed by atoms with Crippen molar-refractivity contribution in [1.82, 2.24) is 0 Å². The van der Waals surface area contributed by atoms with E-state index in [9.17, 15) is 0 Å². The molecule has 0 saturated carbocycles. The van der Waals surface area contributed by atoms with Crippen LogP contribution in [0.25, 0.3) is 21.5 Å². The van der Waals surface area contributed by atoms with Gasteiger partial charge >= 0.3 is 0 Å². The predicted octanol–water partition coefficient (Wildman–Crippen LogP) is 11.4. The maximum absolute atomic E-state index is 2.53. The summed E-state index contributed by atoms with van der Waals surface area (Å²) in [5.74, 6) is 0. The third-order valence-corrected chi connectivity index (χ3v) is 7.62. The molecule has 0 aliphatic rings. The van der Waals surface area contributed by atoms with Crippen molar-refractivity contribution in [3.63, 3.8) is 0 Å². The summed E-state index contributed by atoms with van der Waals surface area (Å²) in [6.45, 7) is 4.61. The zero-order chi connectivity index (χ0) is 23.8. The fourth-order valence-corrected chi connectivity index (χ4v) is 5.45. The molecule has 0 nitrogen and oxygen atoms in total. The molecule has 0 heteroatoms. The molecule has 34 heavy (non-hydrogen) atoms. The first-order valence-electron chi connectivity index (χ1n) is 14.8. The molecular weight excluding hydrogens is 408 g/mol. The van der Waals surface area contributed by atoms with Gasteiger partial charge < -0.3 is 0 Å². The third kappa shape index (κ3) is 9.09. The molecule has 0 heterocycles. The molecule has 0 amide bonds. The summed E-state index contributed by atoms with van der Waals surface area (Å²) in [5.41, 5.74) is 3.24. The summed E-state index contributed by atoms with van der Waals surface area (Å²) in [5, 5.41) is 5.58. The van der Waals surface area contributed by atoms with Crippen molar-refractivity contribution in [1.29, 1.82) is 0 Å². The van der Waals surface area contributed by atoms with Gasteiger partial charge in [0.2, 0.25) is 0 Å². The molecule has 0 radical (unpaired) electrons. The van der Waals surface area contributed by atoms with E-state index in [1.807, 2.05) is 0 Å². The van der Waals surface area contributed by atoms with Crippen LogP contribution in [0.3, 0.4) is 0 Å². The molecule has 0 aromatic heterocycles. The van der Waals surface area contributed by atoms with E-state index in [2.05, 4.69) is 62.4 Å². The van der Waals surface area contributed by atoms with E-state index in [0.29, 0.717) is 0 Å². The number of benzene rings is 3. The average Bonchev–Trinajstić information content (AvgIpc) is 2.86. The highest BCUT2D eigenvalue weighted by Crippen LogP contribution is 2.28. The number of fused-ring (bicyclic) bond motifs is 2. The van der Waals surface area contributed by atoms with E-state index in [1.54, 1.807) is 11.1 Å². The highest BCUT2D eigenvalue weighted by Gasteiger charge is 2.07. The summed E-state index contributed by atoms with van der Waals surface area (Å²) in [6.07, 6.45) is 24.9. The normalized spacial score (nSPS) is 11.6. The van der Waals surface area contributed by atoms with Crippen LogP contribution < -0.4 is 0 Å². The van der Waals surface area contributed by atoms with Crippen LogP contribution in [0.1, 0.15) is 128 Å². The number of unbranched alkanes of at least 4 members (excludes halogenated alkanes) is 14. The molecule has 0 saturated heterocycles. The first-order valence-corrected chi connectivity index (χ1v) is 14.8. The van der Waals surface area contributed by atoms with E-state index in [0.717, 1.165) is 0 Å². The summed E-state index contributed by atoms with van der Waals surface area (Å²) in [7, 11) is 0. The Balaban J connectivity index is 1.59. The summed E-state index contributed by atoms with van der Waals surface area (Å²) >= 11 is 0. The topological polar surface area (TPSA) is 0 Å². The molecule has 3 aromatic rings. The van der Waals surface area contributed by atoms with Crippen molar-refractivity contribution in [3.8, 4) is 0 Å². The Morgan fingerprint density at radius 3 is 1.12 bits per heavy atom. The highest BCUT2D eigenvalue weighted by atomic mass is 14.1. The molecule has 0 bridgehead atoms. The molecule has 0 aliphatic carbocycles. The molecule has 0 aliphatic heterocycles. The lowest BCUT2D eigenvalue weighted by molar-refractivity contribution is 0.571. The first kappa shape index (κ1) is 26.8. The minimum absolute atomic E-state index is 1.25. The number of rotatable bonds is 18. The standard InChI is InChI=1S/C34H50/c1-3-5-7-9-11-13-15-17-21-29-25-33-27-31-23-19-20-24-32(31)28-34(33)26-30(29)22-18-16-14-12-10-8-6-4-2/h19-20,23-28H,3-18,21-22H2,1-2H3. The van der Waals surface area contributed by atoms with Gasteiger partial charge in [0.15, 0.2) is 0 Å². The van der Waals surface area contributed by atoms with Gasteiger partial charge in [-0.15, -0.1) is 0 Å². The van der Waals surface area contributed by atoms with Gasteiger partial charge in [0.25, 0.3) is 0 Å². The van der Waals surface area contributed by atoms with Gasteiger partial charge in [-0.25, -0.2) is 0 Å². The molecule has 3 rings (SSSR count). The van der Waals surface area contributed by atoms with E-state index >= 15 is 0 Å². The SMILES string of the molecule is CCCCCCCCCCc1cc2cc3ccccc3cc2cc1CCCCCCCCCC. The second kappa shape index (κ2) is 16.0. The van der Waals surface area contributed by atoms with Crippen LogP contribution in [0, 0.1) is 0 Å². The van der Waals surface area contributed by atoms with E-state index in [4.69, 9.17) is 0 Å². The van der Waals surface area contributed by atoms with Crippen LogP contribution in [0.4, 0.5) is 0 Å². The minimum atomic E-state index is 1.25. The molecule has 0 N–H and O–H groups in total. The molecule has 0 atom stereocenters. The predicted molar refractivity (Wildman–Crippen MR) is 154 cm³/mol. The Kier molecular flexibility index (Phi) is 12.6. The lowest BCUT2D eigenvalue weighted by Gasteiger charge is -2.13. The summed E-state index contributed by atoms with van der Waals surface area (Å²) in [6, 6.07) is 18.7. The van der Waals surface area contributed by atoms with E-state index in [1.165, 1.54) is 137 Å². The Hall–Kier alpha value is -1.82. The van der Waals surface area contributed by atoms with Gasteiger partial charge in [0, 0.05) is 0 Å². The molecule has 0 unspecified atom stereocenters. The van der Waals surface area contributed by atoms with Gasteiger partial charge in [-0.3, -0.25) is 0 Å². The molecule has 0 fully saturated rings. The lowest BCUT2D eigenvalue weighted by Crippen LogP contribution is -1.97. The number of hydrogen-bond donors (Lipinski definition) is 0. The fraction of sp³-hybridized carbons (Fsp3) is 0.588. The molecule has 3 aromatic carbocycles. The van der Waals surface area contributed by atoms with Crippen molar-refractivity contribution in [3.05, 3.63) is 59.7 Å². The van der Waals surface area contributed by atoms with E-state index in [-0.39, 0.29) is 0 Å². The van der Waals surface area contributed by atoms with Crippen molar-refractivity contribution < 1.29 is 0 Å². The Morgan fingerprint density at radius 1 is 0.382 bits per heavy atom. The molecule has 0 spiro atoms. The van der Waals surface area contributed by atoms with Crippen LogP contribution >= 0.6 is 0 Å². The maximum atomic E-state index is 2.53.